The summed E-state index contributed by atoms with van der Waals surface area (Å²) in [5.41, 5.74) is -0.932. The molecule has 0 aromatic carbocycles. The Morgan fingerprint density at radius 1 is 1.24 bits per heavy atom. The number of carbonyl (C=O) groups excluding carboxylic acids is 1. The minimum Gasteiger partial charge on any atom is -0.480 e. The minimum atomic E-state index is -0.932. The number of hydrogen-bond acceptors (Lipinski definition) is 3. The first-order valence-corrected chi connectivity index (χ1v) is 6.11. The van der Waals surface area contributed by atoms with Crippen LogP contribution in [0.4, 0.5) is 0 Å². The van der Waals surface area contributed by atoms with E-state index in [0.717, 1.165) is 13.1 Å². The second kappa shape index (κ2) is 7.27. The second-order valence-corrected chi connectivity index (χ2v) is 4.53. The summed E-state index contributed by atoms with van der Waals surface area (Å²) in [5.74, 6) is -0.752. The van der Waals surface area contributed by atoms with Gasteiger partial charge < -0.3 is 15.3 Å². The van der Waals surface area contributed by atoms with Gasteiger partial charge in [-0.2, -0.15) is 0 Å². The summed E-state index contributed by atoms with van der Waals surface area (Å²) in [6, 6.07) is 0. The summed E-state index contributed by atoms with van der Waals surface area (Å²) in [6.07, 6.45) is 1.12. The number of carbonyl (C=O) groups is 2. The van der Waals surface area contributed by atoms with Crippen LogP contribution in [0.2, 0.25) is 0 Å². The van der Waals surface area contributed by atoms with Gasteiger partial charge in [0.15, 0.2) is 0 Å². The molecule has 0 aromatic heterocycles. The SMILES string of the molecule is CCN(CC)C(=O)CCCNC(C)(C)C(=O)O. The molecule has 0 rings (SSSR count). The highest BCUT2D eigenvalue weighted by molar-refractivity contribution is 5.77. The van der Waals surface area contributed by atoms with Gasteiger partial charge in [0.25, 0.3) is 0 Å². The molecular weight excluding hydrogens is 220 g/mol. The Morgan fingerprint density at radius 3 is 2.18 bits per heavy atom. The van der Waals surface area contributed by atoms with Gasteiger partial charge in [-0.05, 0) is 40.7 Å². The van der Waals surface area contributed by atoms with Gasteiger partial charge in [0.05, 0.1) is 0 Å². The molecule has 2 N–H and O–H groups in total. The number of aliphatic carboxylic acids is 1. The molecule has 0 aliphatic carbocycles. The fourth-order valence-corrected chi connectivity index (χ4v) is 1.45. The lowest BCUT2D eigenvalue weighted by atomic mass is 10.1. The summed E-state index contributed by atoms with van der Waals surface area (Å²) < 4.78 is 0. The number of nitrogens with one attached hydrogen (secondary N) is 1. The number of carboxylic acid groups (broad SMARTS) is 1. The maximum absolute atomic E-state index is 11.6. The monoisotopic (exact) mass is 244 g/mol. The van der Waals surface area contributed by atoms with Gasteiger partial charge in [-0.1, -0.05) is 0 Å². The highest BCUT2D eigenvalue weighted by Gasteiger charge is 2.25. The van der Waals surface area contributed by atoms with Gasteiger partial charge >= 0.3 is 5.97 Å². The molecule has 5 nitrogen and oxygen atoms in total. The first-order chi connectivity index (χ1) is 7.85. The third-order valence-corrected chi connectivity index (χ3v) is 2.79. The van der Waals surface area contributed by atoms with Crippen LogP contribution in [0, 0.1) is 0 Å². The molecule has 0 spiro atoms. The van der Waals surface area contributed by atoms with Crippen LogP contribution in [-0.2, 0) is 9.59 Å². The van der Waals surface area contributed by atoms with Crippen molar-refractivity contribution in [1.82, 2.24) is 10.2 Å². The number of carboxylic acids is 1. The lowest BCUT2D eigenvalue weighted by molar-refractivity contribution is -0.143. The van der Waals surface area contributed by atoms with Crippen LogP contribution >= 0.6 is 0 Å². The Morgan fingerprint density at radius 2 is 1.76 bits per heavy atom. The first kappa shape index (κ1) is 15.9. The van der Waals surface area contributed by atoms with Crippen molar-refractivity contribution in [3.63, 3.8) is 0 Å². The van der Waals surface area contributed by atoms with Gasteiger partial charge in [-0.3, -0.25) is 9.59 Å². The maximum Gasteiger partial charge on any atom is 0.323 e. The van der Waals surface area contributed by atoms with Crippen molar-refractivity contribution in [2.75, 3.05) is 19.6 Å². The van der Waals surface area contributed by atoms with Gasteiger partial charge in [0.2, 0.25) is 5.91 Å². The topological polar surface area (TPSA) is 69.6 Å². The normalized spacial score (nSPS) is 11.3. The van der Waals surface area contributed by atoms with E-state index in [1.165, 1.54) is 0 Å². The summed E-state index contributed by atoms with van der Waals surface area (Å²) in [4.78, 5) is 24.2. The van der Waals surface area contributed by atoms with Crippen molar-refractivity contribution < 1.29 is 14.7 Å². The Balaban J connectivity index is 3.86. The zero-order chi connectivity index (χ0) is 13.5. The zero-order valence-electron chi connectivity index (χ0n) is 11.2. The molecule has 0 unspecified atom stereocenters. The van der Waals surface area contributed by atoms with E-state index < -0.39 is 11.5 Å². The van der Waals surface area contributed by atoms with E-state index in [1.807, 2.05) is 13.8 Å². The molecule has 0 atom stereocenters. The molecule has 0 fully saturated rings. The van der Waals surface area contributed by atoms with Gasteiger partial charge in [-0.15, -0.1) is 0 Å². The van der Waals surface area contributed by atoms with Crippen molar-refractivity contribution >= 4 is 11.9 Å². The largest absolute Gasteiger partial charge is 0.480 e. The molecule has 0 radical (unpaired) electrons. The highest BCUT2D eigenvalue weighted by Crippen LogP contribution is 2.03. The molecular formula is C12H24N2O3. The summed E-state index contributed by atoms with van der Waals surface area (Å²) in [5, 5.41) is 11.8. The Bertz CT molecular complexity index is 260. The predicted octanol–water partition coefficient (Wildman–Crippen LogP) is 1.09. The smallest absolute Gasteiger partial charge is 0.323 e. The standard InChI is InChI=1S/C12H24N2O3/c1-5-14(6-2)10(15)8-7-9-13-12(3,4)11(16)17/h13H,5-9H2,1-4H3,(H,16,17). The average molecular weight is 244 g/mol. The van der Waals surface area contributed by atoms with E-state index in [2.05, 4.69) is 5.32 Å². The van der Waals surface area contributed by atoms with Crippen LogP contribution in [-0.4, -0.2) is 47.1 Å². The molecule has 0 bridgehead atoms. The fraction of sp³-hybridized carbons (Fsp3) is 0.833. The molecule has 0 saturated carbocycles. The first-order valence-electron chi connectivity index (χ1n) is 6.11. The van der Waals surface area contributed by atoms with Crippen LogP contribution < -0.4 is 5.32 Å². The van der Waals surface area contributed by atoms with Crippen molar-refractivity contribution in [3.05, 3.63) is 0 Å². The van der Waals surface area contributed by atoms with Gasteiger partial charge in [0.1, 0.15) is 5.54 Å². The van der Waals surface area contributed by atoms with Crippen LogP contribution in [0.3, 0.4) is 0 Å². The lowest BCUT2D eigenvalue weighted by Crippen LogP contribution is -2.47. The van der Waals surface area contributed by atoms with Crippen LogP contribution in [0.25, 0.3) is 0 Å². The minimum absolute atomic E-state index is 0.130. The average Bonchev–Trinajstić information content (AvgIpc) is 2.26. The van der Waals surface area contributed by atoms with Crippen molar-refractivity contribution in [2.24, 2.45) is 0 Å². The summed E-state index contributed by atoms with van der Waals surface area (Å²) in [6.45, 7) is 9.11. The Hall–Kier alpha value is -1.10. The van der Waals surface area contributed by atoms with E-state index >= 15 is 0 Å². The molecule has 0 heterocycles. The number of hydrogen-bond donors (Lipinski definition) is 2. The molecule has 0 aliphatic heterocycles. The van der Waals surface area contributed by atoms with Gasteiger partial charge in [-0.25, -0.2) is 0 Å². The van der Waals surface area contributed by atoms with Crippen LogP contribution in [0.15, 0.2) is 0 Å². The number of rotatable bonds is 8. The third kappa shape index (κ3) is 5.68. The van der Waals surface area contributed by atoms with E-state index in [1.54, 1.807) is 18.7 Å². The third-order valence-electron chi connectivity index (χ3n) is 2.79. The fourth-order valence-electron chi connectivity index (χ4n) is 1.45. The van der Waals surface area contributed by atoms with Crippen molar-refractivity contribution in [1.29, 1.82) is 0 Å². The summed E-state index contributed by atoms with van der Waals surface area (Å²) in [7, 11) is 0. The molecule has 5 heteroatoms. The number of nitrogens with zero attached hydrogens (tertiary/aromatic N) is 1. The second-order valence-electron chi connectivity index (χ2n) is 4.53. The van der Waals surface area contributed by atoms with Crippen molar-refractivity contribution in [3.8, 4) is 0 Å². The molecule has 0 aliphatic rings. The van der Waals surface area contributed by atoms with Crippen molar-refractivity contribution in [2.45, 2.75) is 46.1 Å². The Kier molecular flexibility index (Phi) is 6.80. The van der Waals surface area contributed by atoms with Crippen LogP contribution in [0.5, 0.6) is 0 Å². The molecule has 1 amide bonds. The van der Waals surface area contributed by atoms with Crippen LogP contribution in [0.1, 0.15) is 40.5 Å². The van der Waals surface area contributed by atoms with E-state index in [4.69, 9.17) is 5.11 Å². The molecule has 17 heavy (non-hydrogen) atoms. The molecule has 100 valence electrons. The highest BCUT2D eigenvalue weighted by atomic mass is 16.4. The maximum atomic E-state index is 11.6. The molecule has 0 aromatic rings. The van der Waals surface area contributed by atoms with E-state index in [9.17, 15) is 9.59 Å². The number of amides is 1. The predicted molar refractivity (Wildman–Crippen MR) is 66.9 cm³/mol. The zero-order valence-corrected chi connectivity index (χ0v) is 11.2. The quantitative estimate of drug-likeness (QED) is 0.627. The molecule has 0 saturated heterocycles. The van der Waals surface area contributed by atoms with E-state index in [0.29, 0.717) is 19.4 Å². The van der Waals surface area contributed by atoms with Gasteiger partial charge in [0, 0.05) is 19.5 Å². The Labute approximate surface area is 103 Å². The lowest BCUT2D eigenvalue weighted by Gasteiger charge is -2.22. The summed E-state index contributed by atoms with van der Waals surface area (Å²) >= 11 is 0. The van der Waals surface area contributed by atoms with E-state index in [-0.39, 0.29) is 5.91 Å².